The molecule has 0 aromatic carbocycles. The summed E-state index contributed by atoms with van der Waals surface area (Å²) in [5.74, 6) is 0. The Morgan fingerprint density at radius 2 is 1.38 bits per heavy atom. The lowest BCUT2D eigenvalue weighted by Gasteiger charge is -2.34. The quantitative estimate of drug-likeness (QED) is 0.416. The fourth-order valence-electron chi connectivity index (χ4n) is 2.34. The van der Waals surface area contributed by atoms with Crippen LogP contribution >= 0.6 is 0 Å². The molecule has 1 atom stereocenters. The molecule has 0 saturated heterocycles. The number of unbranched alkanes of at least 4 members (excludes halogenated alkanes) is 4. The van der Waals surface area contributed by atoms with Gasteiger partial charge in [-0.15, -0.1) is 0 Å². The van der Waals surface area contributed by atoms with Gasteiger partial charge in [-0.25, -0.2) is 0 Å². The third-order valence-electron chi connectivity index (χ3n) is 3.40. The molecule has 0 spiro atoms. The van der Waals surface area contributed by atoms with Crippen LogP contribution in [0.1, 0.15) is 59.3 Å². The van der Waals surface area contributed by atoms with E-state index in [4.69, 9.17) is 0 Å². The zero-order chi connectivity index (χ0) is 12.4. The normalized spacial score (nSPS) is 13.7. The fourth-order valence-corrected chi connectivity index (χ4v) is 2.34. The Morgan fingerprint density at radius 1 is 0.812 bits per heavy atom. The fraction of sp³-hybridized carbons (Fsp3) is 1.00. The van der Waals surface area contributed by atoms with Gasteiger partial charge in [-0.3, -0.25) is 9.80 Å². The predicted octanol–water partition coefficient (Wildman–Crippen LogP) is 3.58. The van der Waals surface area contributed by atoms with Crippen molar-refractivity contribution in [1.82, 2.24) is 9.80 Å². The molecule has 0 amide bonds. The number of hydrogen-bond acceptors (Lipinski definition) is 2. The van der Waals surface area contributed by atoms with Gasteiger partial charge in [0.2, 0.25) is 0 Å². The second-order valence-corrected chi connectivity index (χ2v) is 4.87. The molecule has 0 aliphatic carbocycles. The lowest BCUT2D eigenvalue weighted by molar-refractivity contribution is 0.0790. The van der Waals surface area contributed by atoms with Crippen LogP contribution in [0.3, 0.4) is 0 Å². The molecule has 0 aliphatic heterocycles. The minimum atomic E-state index is 0.636. The molecule has 0 heterocycles. The summed E-state index contributed by atoms with van der Waals surface area (Å²) in [4.78, 5) is 4.92. The Kier molecular flexibility index (Phi) is 10.0. The van der Waals surface area contributed by atoms with Crippen molar-refractivity contribution in [3.05, 3.63) is 0 Å². The van der Waals surface area contributed by atoms with E-state index in [0.29, 0.717) is 6.17 Å². The molecule has 0 radical (unpaired) electrons. The van der Waals surface area contributed by atoms with Gasteiger partial charge >= 0.3 is 0 Å². The maximum atomic E-state index is 2.56. The monoisotopic (exact) mass is 228 g/mol. The van der Waals surface area contributed by atoms with E-state index in [1.54, 1.807) is 0 Å². The standard InChI is InChI=1S/C14H32N2/c1-6-9-10-11-12-13-14(15(4)5)16(7-2)8-3/h14H,6-13H2,1-5H3. The summed E-state index contributed by atoms with van der Waals surface area (Å²) in [5.41, 5.74) is 0. The van der Waals surface area contributed by atoms with Crippen LogP contribution in [-0.4, -0.2) is 43.2 Å². The highest BCUT2D eigenvalue weighted by atomic mass is 15.3. The molecule has 0 bridgehead atoms. The lowest BCUT2D eigenvalue weighted by atomic mass is 10.1. The van der Waals surface area contributed by atoms with Crippen LogP contribution in [0.15, 0.2) is 0 Å². The minimum absolute atomic E-state index is 0.636. The SMILES string of the molecule is CCCCCCCC(N(C)C)N(CC)CC. The molecule has 98 valence electrons. The Morgan fingerprint density at radius 3 is 1.81 bits per heavy atom. The van der Waals surface area contributed by atoms with Gasteiger partial charge in [0.25, 0.3) is 0 Å². The number of rotatable bonds is 10. The molecule has 0 rings (SSSR count). The van der Waals surface area contributed by atoms with E-state index >= 15 is 0 Å². The van der Waals surface area contributed by atoms with Gasteiger partial charge in [-0.1, -0.05) is 52.9 Å². The summed E-state index contributed by atoms with van der Waals surface area (Å²) in [7, 11) is 4.41. The minimum Gasteiger partial charge on any atom is -0.294 e. The molecule has 0 saturated carbocycles. The first kappa shape index (κ1) is 15.9. The second kappa shape index (κ2) is 10.1. The summed E-state index contributed by atoms with van der Waals surface area (Å²) >= 11 is 0. The van der Waals surface area contributed by atoms with Crippen LogP contribution in [0.4, 0.5) is 0 Å². The first-order chi connectivity index (χ1) is 7.67. The Labute approximate surface area is 103 Å². The zero-order valence-corrected chi connectivity index (χ0v) is 12.1. The molecule has 0 aromatic rings. The van der Waals surface area contributed by atoms with E-state index in [1.807, 2.05) is 0 Å². The van der Waals surface area contributed by atoms with Gasteiger partial charge in [0.15, 0.2) is 0 Å². The van der Waals surface area contributed by atoms with E-state index in [2.05, 4.69) is 44.7 Å². The summed E-state index contributed by atoms with van der Waals surface area (Å²) in [5, 5.41) is 0. The molecule has 0 aromatic heterocycles. The van der Waals surface area contributed by atoms with Gasteiger partial charge in [0.05, 0.1) is 6.17 Å². The molecule has 16 heavy (non-hydrogen) atoms. The highest BCUT2D eigenvalue weighted by molar-refractivity contribution is 4.67. The van der Waals surface area contributed by atoms with Crippen LogP contribution in [0.25, 0.3) is 0 Å². The van der Waals surface area contributed by atoms with Crippen molar-refractivity contribution in [1.29, 1.82) is 0 Å². The van der Waals surface area contributed by atoms with Crippen LogP contribution in [0, 0.1) is 0 Å². The maximum absolute atomic E-state index is 2.56. The van der Waals surface area contributed by atoms with Crippen molar-refractivity contribution in [3.8, 4) is 0 Å². The van der Waals surface area contributed by atoms with Crippen molar-refractivity contribution in [3.63, 3.8) is 0 Å². The molecule has 2 heteroatoms. The van der Waals surface area contributed by atoms with Crippen LogP contribution < -0.4 is 0 Å². The van der Waals surface area contributed by atoms with Gasteiger partial charge in [-0.2, -0.15) is 0 Å². The summed E-state index contributed by atoms with van der Waals surface area (Å²) in [6.07, 6.45) is 8.88. The molecule has 2 nitrogen and oxygen atoms in total. The van der Waals surface area contributed by atoms with E-state index in [1.165, 1.54) is 38.5 Å². The summed E-state index contributed by atoms with van der Waals surface area (Å²) < 4.78 is 0. The molecule has 0 N–H and O–H groups in total. The van der Waals surface area contributed by atoms with Gasteiger partial charge in [-0.05, 0) is 33.6 Å². The summed E-state index contributed by atoms with van der Waals surface area (Å²) in [6, 6.07) is 0. The highest BCUT2D eigenvalue weighted by Gasteiger charge is 2.16. The first-order valence-electron chi connectivity index (χ1n) is 7.07. The molecule has 0 fully saturated rings. The van der Waals surface area contributed by atoms with E-state index in [0.717, 1.165) is 13.1 Å². The molecular weight excluding hydrogens is 196 g/mol. The van der Waals surface area contributed by atoms with Crippen molar-refractivity contribution < 1.29 is 0 Å². The lowest BCUT2D eigenvalue weighted by Crippen LogP contribution is -2.44. The van der Waals surface area contributed by atoms with Crippen LogP contribution in [0.5, 0.6) is 0 Å². The van der Waals surface area contributed by atoms with Gasteiger partial charge in [0, 0.05) is 0 Å². The average molecular weight is 228 g/mol. The predicted molar refractivity (Wildman–Crippen MR) is 73.8 cm³/mol. The average Bonchev–Trinajstić information content (AvgIpc) is 2.27. The first-order valence-corrected chi connectivity index (χ1v) is 7.07. The smallest absolute Gasteiger partial charge is 0.0617 e. The Balaban J connectivity index is 3.85. The topological polar surface area (TPSA) is 6.48 Å². The molecule has 0 aliphatic rings. The Bertz CT molecular complexity index is 142. The Hall–Kier alpha value is -0.0800. The van der Waals surface area contributed by atoms with Gasteiger partial charge < -0.3 is 0 Å². The van der Waals surface area contributed by atoms with E-state index in [9.17, 15) is 0 Å². The third-order valence-corrected chi connectivity index (χ3v) is 3.40. The van der Waals surface area contributed by atoms with Crippen molar-refractivity contribution >= 4 is 0 Å². The van der Waals surface area contributed by atoms with Crippen molar-refractivity contribution in [2.24, 2.45) is 0 Å². The molecular formula is C14H32N2. The highest BCUT2D eigenvalue weighted by Crippen LogP contribution is 2.13. The van der Waals surface area contributed by atoms with Crippen LogP contribution in [0.2, 0.25) is 0 Å². The number of hydrogen-bond donors (Lipinski definition) is 0. The second-order valence-electron chi connectivity index (χ2n) is 4.87. The number of nitrogens with zero attached hydrogens (tertiary/aromatic N) is 2. The van der Waals surface area contributed by atoms with Crippen LogP contribution in [-0.2, 0) is 0 Å². The van der Waals surface area contributed by atoms with E-state index in [-0.39, 0.29) is 0 Å². The third kappa shape index (κ3) is 6.49. The largest absolute Gasteiger partial charge is 0.294 e. The van der Waals surface area contributed by atoms with Crippen molar-refractivity contribution in [2.75, 3.05) is 27.2 Å². The van der Waals surface area contributed by atoms with E-state index < -0.39 is 0 Å². The zero-order valence-electron chi connectivity index (χ0n) is 12.1. The van der Waals surface area contributed by atoms with Crippen molar-refractivity contribution in [2.45, 2.75) is 65.5 Å². The molecule has 1 unspecified atom stereocenters. The summed E-state index contributed by atoms with van der Waals surface area (Å²) in [6.45, 7) is 9.12. The maximum Gasteiger partial charge on any atom is 0.0617 e. The van der Waals surface area contributed by atoms with Gasteiger partial charge in [0.1, 0.15) is 0 Å².